The van der Waals surface area contributed by atoms with Gasteiger partial charge in [-0.05, 0) is 35.9 Å². The van der Waals surface area contributed by atoms with Crippen molar-refractivity contribution in [3.63, 3.8) is 0 Å². The Morgan fingerprint density at radius 3 is 2.71 bits per heavy atom. The van der Waals surface area contributed by atoms with Crippen LogP contribution in [0.15, 0.2) is 53.5 Å². The zero-order valence-corrected chi connectivity index (χ0v) is 12.1. The molecule has 0 bridgehead atoms. The smallest absolute Gasteiger partial charge is 0.167 e. The van der Waals surface area contributed by atoms with Gasteiger partial charge in [0, 0.05) is 23.3 Å². The van der Waals surface area contributed by atoms with Crippen molar-refractivity contribution in [2.45, 2.75) is 6.23 Å². The van der Waals surface area contributed by atoms with E-state index in [9.17, 15) is 4.39 Å². The average Bonchev–Trinajstić information content (AvgIpc) is 2.67. The summed E-state index contributed by atoms with van der Waals surface area (Å²) in [6.07, 6.45) is 3.29. The predicted molar refractivity (Wildman–Crippen MR) is 83.3 cm³/mol. The fourth-order valence-electron chi connectivity index (χ4n) is 2.30. The molecule has 0 N–H and O–H groups in total. The van der Waals surface area contributed by atoms with Gasteiger partial charge >= 0.3 is 0 Å². The van der Waals surface area contributed by atoms with Gasteiger partial charge in [0.15, 0.2) is 6.23 Å². The van der Waals surface area contributed by atoms with Crippen molar-refractivity contribution in [1.82, 2.24) is 0 Å². The lowest BCUT2D eigenvalue weighted by atomic mass is 9.97. The highest BCUT2D eigenvalue weighted by Crippen LogP contribution is 2.25. The Morgan fingerprint density at radius 2 is 1.95 bits per heavy atom. The third-order valence-electron chi connectivity index (χ3n) is 3.34. The Hall–Kier alpha value is -1.97. The summed E-state index contributed by atoms with van der Waals surface area (Å²) in [6.45, 7) is 0. The maximum atomic E-state index is 14.2. The van der Waals surface area contributed by atoms with E-state index < -0.39 is 6.23 Å². The van der Waals surface area contributed by atoms with E-state index in [0.29, 0.717) is 16.3 Å². The van der Waals surface area contributed by atoms with Gasteiger partial charge in [-0.25, -0.2) is 9.38 Å². The Morgan fingerprint density at radius 1 is 1.14 bits per heavy atom. The van der Waals surface area contributed by atoms with Crippen molar-refractivity contribution in [2.75, 3.05) is 7.11 Å². The normalized spacial score (nSPS) is 17.1. The van der Waals surface area contributed by atoms with Crippen LogP contribution in [0.25, 0.3) is 6.08 Å². The summed E-state index contributed by atoms with van der Waals surface area (Å²) in [5.74, 6) is -0.320. The number of ether oxygens (including phenoxy) is 1. The molecule has 0 saturated carbocycles. The Kier molecular flexibility index (Phi) is 3.86. The highest BCUT2D eigenvalue weighted by molar-refractivity contribution is 6.31. The van der Waals surface area contributed by atoms with E-state index in [1.54, 1.807) is 37.4 Å². The van der Waals surface area contributed by atoms with Crippen molar-refractivity contribution in [3.8, 4) is 0 Å². The number of hydrogen-bond donors (Lipinski definition) is 0. The standard InChI is InChI=1S/C17H13ClFNO/c1-21-16-9-7-11-6-8-12(18)10-14(11)17(20-16)13-4-2-3-5-15(13)19/h2-10,16H,1H3. The molecule has 3 rings (SSSR count). The predicted octanol–water partition coefficient (Wildman–Crippen LogP) is 4.32. The van der Waals surface area contributed by atoms with Gasteiger partial charge in [0.1, 0.15) is 5.82 Å². The van der Waals surface area contributed by atoms with Gasteiger partial charge in [0.25, 0.3) is 0 Å². The van der Waals surface area contributed by atoms with Gasteiger partial charge in [-0.1, -0.05) is 35.9 Å². The molecule has 0 fully saturated rings. The van der Waals surface area contributed by atoms with Crippen LogP contribution < -0.4 is 0 Å². The number of hydrogen-bond acceptors (Lipinski definition) is 2. The van der Waals surface area contributed by atoms with E-state index in [2.05, 4.69) is 4.99 Å². The van der Waals surface area contributed by atoms with Crippen LogP contribution >= 0.6 is 11.6 Å². The highest BCUT2D eigenvalue weighted by atomic mass is 35.5. The Balaban J connectivity index is 2.24. The molecule has 106 valence electrons. The molecule has 0 aliphatic carbocycles. The lowest BCUT2D eigenvalue weighted by Gasteiger charge is -2.12. The molecule has 1 unspecified atom stereocenters. The molecule has 1 atom stereocenters. The highest BCUT2D eigenvalue weighted by Gasteiger charge is 2.18. The third-order valence-corrected chi connectivity index (χ3v) is 3.57. The fourth-order valence-corrected chi connectivity index (χ4v) is 2.48. The zero-order chi connectivity index (χ0) is 14.8. The zero-order valence-electron chi connectivity index (χ0n) is 11.4. The quantitative estimate of drug-likeness (QED) is 0.809. The number of rotatable bonds is 2. The second kappa shape index (κ2) is 5.80. The second-order valence-electron chi connectivity index (χ2n) is 4.67. The molecule has 0 aromatic heterocycles. The molecule has 2 aromatic carbocycles. The molecule has 1 aliphatic heterocycles. The largest absolute Gasteiger partial charge is 0.356 e. The van der Waals surface area contributed by atoms with Crippen LogP contribution in [0, 0.1) is 5.82 Å². The van der Waals surface area contributed by atoms with Gasteiger partial charge in [0.2, 0.25) is 0 Å². The van der Waals surface area contributed by atoms with Crippen LogP contribution in [0.3, 0.4) is 0 Å². The molecule has 2 aromatic rings. The van der Waals surface area contributed by atoms with E-state index in [0.717, 1.165) is 11.1 Å². The third kappa shape index (κ3) is 2.75. The molecule has 0 radical (unpaired) electrons. The van der Waals surface area contributed by atoms with Crippen LogP contribution in [0.1, 0.15) is 16.7 Å². The van der Waals surface area contributed by atoms with Gasteiger partial charge in [-0.2, -0.15) is 0 Å². The van der Waals surface area contributed by atoms with Crippen LogP contribution in [0.2, 0.25) is 5.02 Å². The lowest BCUT2D eigenvalue weighted by Crippen LogP contribution is -2.12. The molecule has 4 heteroatoms. The first-order valence-electron chi connectivity index (χ1n) is 6.52. The molecule has 2 nitrogen and oxygen atoms in total. The van der Waals surface area contributed by atoms with Crippen LogP contribution in [-0.4, -0.2) is 19.0 Å². The molecule has 21 heavy (non-hydrogen) atoms. The van der Waals surface area contributed by atoms with Gasteiger partial charge in [0.05, 0.1) is 5.71 Å². The van der Waals surface area contributed by atoms with Crippen molar-refractivity contribution >= 4 is 23.4 Å². The summed E-state index contributed by atoms with van der Waals surface area (Å²) in [6, 6.07) is 12.1. The lowest BCUT2D eigenvalue weighted by molar-refractivity contribution is 0.149. The van der Waals surface area contributed by atoms with Crippen molar-refractivity contribution < 1.29 is 9.13 Å². The first-order chi connectivity index (χ1) is 10.2. The van der Waals surface area contributed by atoms with E-state index in [1.165, 1.54) is 6.07 Å². The average molecular weight is 302 g/mol. The fraction of sp³-hybridized carbons (Fsp3) is 0.118. The minimum Gasteiger partial charge on any atom is -0.356 e. The first kappa shape index (κ1) is 14.0. The molecular weight excluding hydrogens is 289 g/mol. The maximum Gasteiger partial charge on any atom is 0.167 e. The monoisotopic (exact) mass is 301 g/mol. The summed E-state index contributed by atoms with van der Waals surface area (Å²) in [5, 5.41) is 0.585. The van der Waals surface area contributed by atoms with E-state index in [-0.39, 0.29) is 5.82 Å². The number of methoxy groups -OCH3 is 1. The molecule has 1 heterocycles. The van der Waals surface area contributed by atoms with Crippen molar-refractivity contribution in [2.24, 2.45) is 4.99 Å². The van der Waals surface area contributed by atoms with E-state index >= 15 is 0 Å². The SMILES string of the molecule is COC1C=Cc2ccc(Cl)cc2C(c2ccccc2F)=N1. The maximum absolute atomic E-state index is 14.2. The summed E-state index contributed by atoms with van der Waals surface area (Å²) >= 11 is 6.09. The van der Waals surface area contributed by atoms with E-state index in [1.807, 2.05) is 18.2 Å². The summed E-state index contributed by atoms with van der Waals surface area (Å²) < 4.78 is 19.5. The molecular formula is C17H13ClFNO. The van der Waals surface area contributed by atoms with Gasteiger partial charge in [-0.3, -0.25) is 0 Å². The number of fused-ring (bicyclic) bond motifs is 1. The topological polar surface area (TPSA) is 21.6 Å². The minimum atomic E-state index is -0.453. The number of nitrogens with zero attached hydrogens (tertiary/aromatic N) is 1. The molecule has 0 spiro atoms. The van der Waals surface area contributed by atoms with Gasteiger partial charge < -0.3 is 4.74 Å². The van der Waals surface area contributed by atoms with Gasteiger partial charge in [-0.15, -0.1) is 0 Å². The summed E-state index contributed by atoms with van der Waals surface area (Å²) in [7, 11) is 1.57. The van der Waals surface area contributed by atoms with Crippen LogP contribution in [0.4, 0.5) is 4.39 Å². The van der Waals surface area contributed by atoms with Crippen molar-refractivity contribution in [1.29, 1.82) is 0 Å². The Labute approximate surface area is 127 Å². The molecule has 0 saturated heterocycles. The number of aliphatic imine (C=N–C) groups is 1. The minimum absolute atomic E-state index is 0.320. The molecule has 0 amide bonds. The Bertz CT molecular complexity index is 739. The van der Waals surface area contributed by atoms with Crippen LogP contribution in [-0.2, 0) is 4.74 Å². The molecule has 1 aliphatic rings. The van der Waals surface area contributed by atoms with E-state index in [4.69, 9.17) is 16.3 Å². The second-order valence-corrected chi connectivity index (χ2v) is 5.11. The number of benzene rings is 2. The summed E-state index contributed by atoms with van der Waals surface area (Å²) in [4.78, 5) is 4.52. The van der Waals surface area contributed by atoms with Crippen LogP contribution in [0.5, 0.6) is 0 Å². The number of halogens is 2. The first-order valence-corrected chi connectivity index (χ1v) is 6.90. The van der Waals surface area contributed by atoms with Crippen molar-refractivity contribution in [3.05, 3.63) is 76.1 Å². The summed E-state index contributed by atoms with van der Waals surface area (Å²) in [5.41, 5.74) is 2.71.